The van der Waals surface area contributed by atoms with E-state index >= 15 is 0 Å². The molecule has 0 saturated carbocycles. The highest BCUT2D eigenvalue weighted by molar-refractivity contribution is 6.06. The van der Waals surface area contributed by atoms with E-state index in [0.29, 0.717) is 0 Å². The predicted octanol–water partition coefficient (Wildman–Crippen LogP) is 15.5. The Hall–Kier alpha value is -7.16. The minimum absolute atomic E-state index is 0.163. The molecule has 0 saturated heterocycles. The molecule has 270 valence electrons. The summed E-state index contributed by atoms with van der Waals surface area (Å²) < 4.78 is 6.08. The summed E-state index contributed by atoms with van der Waals surface area (Å²) in [6.07, 6.45) is 0. The number of nitrogens with zero attached hydrogens (tertiary/aromatic N) is 1. The maximum atomic E-state index is 6.08. The molecular weight excluding hydrogens is 691 g/mol. The highest BCUT2D eigenvalue weighted by atomic mass is 16.3. The van der Waals surface area contributed by atoms with Gasteiger partial charge in [0, 0.05) is 32.9 Å². The topological polar surface area (TPSA) is 16.4 Å². The Labute approximate surface area is 332 Å². The Morgan fingerprint density at radius 2 is 0.895 bits per heavy atom. The molecule has 0 fully saturated rings. The second-order valence-electron chi connectivity index (χ2n) is 15.7. The third kappa shape index (κ3) is 5.48. The highest BCUT2D eigenvalue weighted by Gasteiger charge is 2.36. The number of hydrogen-bond donors (Lipinski definition) is 0. The van der Waals surface area contributed by atoms with Crippen LogP contribution in [-0.2, 0) is 5.41 Å². The van der Waals surface area contributed by atoms with Gasteiger partial charge in [-0.2, -0.15) is 0 Å². The van der Waals surface area contributed by atoms with Crippen LogP contribution in [0.15, 0.2) is 205 Å². The average Bonchev–Trinajstić information content (AvgIpc) is 3.75. The molecule has 57 heavy (non-hydrogen) atoms. The lowest BCUT2D eigenvalue weighted by Gasteiger charge is -2.29. The Bertz CT molecular complexity index is 3130. The monoisotopic (exact) mass is 729 g/mol. The van der Waals surface area contributed by atoms with Crippen molar-refractivity contribution in [2.45, 2.75) is 19.3 Å². The molecule has 0 N–H and O–H groups in total. The first-order valence-corrected chi connectivity index (χ1v) is 19.7. The number of furan rings is 1. The zero-order valence-electron chi connectivity index (χ0n) is 31.9. The standard InChI is InChI=1S/C55H39NO/c1-55(2)50-34-42(36-11-4-3-5-12-36)25-30-46(50)47-31-29-44(35-51(47)55)56(52-17-10-14-40-13-6-7-15-45(40)52)43-27-23-38(24-28-43)37-19-21-39(22-20-37)41-26-32-54-49(33-41)48-16-8-9-18-53(48)57-54/h3-35H,1-2H3. The fourth-order valence-corrected chi connectivity index (χ4v) is 9.07. The molecule has 10 aromatic rings. The summed E-state index contributed by atoms with van der Waals surface area (Å²) >= 11 is 0. The van der Waals surface area contributed by atoms with E-state index in [4.69, 9.17) is 4.42 Å². The molecule has 0 spiro atoms. The van der Waals surface area contributed by atoms with Crippen molar-refractivity contribution >= 4 is 49.8 Å². The van der Waals surface area contributed by atoms with Gasteiger partial charge in [0.25, 0.3) is 0 Å². The first-order valence-electron chi connectivity index (χ1n) is 19.7. The lowest BCUT2D eigenvalue weighted by atomic mass is 9.81. The lowest BCUT2D eigenvalue weighted by Crippen LogP contribution is -2.16. The maximum Gasteiger partial charge on any atom is 0.135 e. The van der Waals surface area contributed by atoms with Crippen LogP contribution in [0.1, 0.15) is 25.0 Å². The number of rotatable bonds is 6. The van der Waals surface area contributed by atoms with Crippen LogP contribution >= 0.6 is 0 Å². The molecular formula is C55H39NO. The fourth-order valence-electron chi connectivity index (χ4n) is 9.07. The molecule has 1 aliphatic carbocycles. The Morgan fingerprint density at radius 1 is 0.368 bits per heavy atom. The molecule has 1 heterocycles. The smallest absolute Gasteiger partial charge is 0.135 e. The van der Waals surface area contributed by atoms with Gasteiger partial charge in [-0.3, -0.25) is 0 Å². The summed E-state index contributed by atoms with van der Waals surface area (Å²) in [6.45, 7) is 4.74. The third-order valence-electron chi connectivity index (χ3n) is 12.1. The van der Waals surface area contributed by atoms with Crippen LogP contribution in [0, 0.1) is 0 Å². The highest BCUT2D eigenvalue weighted by Crippen LogP contribution is 2.52. The van der Waals surface area contributed by atoms with Crippen molar-refractivity contribution in [3.05, 3.63) is 211 Å². The van der Waals surface area contributed by atoms with E-state index in [-0.39, 0.29) is 5.41 Å². The minimum Gasteiger partial charge on any atom is -0.456 e. The number of fused-ring (bicyclic) bond motifs is 7. The van der Waals surface area contributed by atoms with Crippen molar-refractivity contribution in [2.75, 3.05) is 4.90 Å². The predicted molar refractivity (Wildman–Crippen MR) is 240 cm³/mol. The summed E-state index contributed by atoms with van der Waals surface area (Å²) in [5, 5.41) is 4.73. The molecule has 2 nitrogen and oxygen atoms in total. The van der Waals surface area contributed by atoms with Crippen molar-refractivity contribution in [3.63, 3.8) is 0 Å². The van der Waals surface area contributed by atoms with Crippen LogP contribution in [0.2, 0.25) is 0 Å². The van der Waals surface area contributed by atoms with E-state index in [0.717, 1.165) is 39.0 Å². The molecule has 2 heteroatoms. The van der Waals surface area contributed by atoms with Crippen LogP contribution < -0.4 is 4.90 Å². The quantitative estimate of drug-likeness (QED) is 0.169. The Morgan fingerprint density at radius 3 is 1.68 bits per heavy atom. The Balaban J connectivity index is 0.960. The largest absolute Gasteiger partial charge is 0.456 e. The Kier molecular flexibility index (Phi) is 7.55. The molecule has 0 amide bonds. The molecule has 1 aromatic heterocycles. The third-order valence-corrected chi connectivity index (χ3v) is 12.1. The van der Waals surface area contributed by atoms with Crippen LogP contribution in [0.4, 0.5) is 17.1 Å². The van der Waals surface area contributed by atoms with Crippen LogP contribution in [0.25, 0.3) is 77.2 Å². The van der Waals surface area contributed by atoms with E-state index in [9.17, 15) is 0 Å². The zero-order valence-corrected chi connectivity index (χ0v) is 31.9. The van der Waals surface area contributed by atoms with Gasteiger partial charge < -0.3 is 9.32 Å². The van der Waals surface area contributed by atoms with Gasteiger partial charge in [-0.05, 0) is 116 Å². The second kappa shape index (κ2) is 13.0. The molecule has 1 aliphatic rings. The first kappa shape index (κ1) is 33.2. The average molecular weight is 730 g/mol. The van der Waals surface area contributed by atoms with E-state index in [1.54, 1.807) is 0 Å². The van der Waals surface area contributed by atoms with Gasteiger partial charge in [-0.1, -0.05) is 159 Å². The molecule has 0 bridgehead atoms. The van der Waals surface area contributed by atoms with E-state index in [1.807, 2.05) is 12.1 Å². The van der Waals surface area contributed by atoms with Gasteiger partial charge in [0.1, 0.15) is 11.2 Å². The molecule has 0 atom stereocenters. The normalized spacial score (nSPS) is 12.9. The van der Waals surface area contributed by atoms with E-state index in [2.05, 4.69) is 207 Å². The van der Waals surface area contributed by atoms with Crippen LogP contribution in [0.5, 0.6) is 0 Å². The fraction of sp³-hybridized carbons (Fsp3) is 0.0545. The molecule has 0 radical (unpaired) electrons. The van der Waals surface area contributed by atoms with Gasteiger partial charge >= 0.3 is 0 Å². The molecule has 0 aliphatic heterocycles. The molecule has 9 aromatic carbocycles. The summed E-state index contributed by atoms with van der Waals surface area (Å²) in [6, 6.07) is 72.7. The summed E-state index contributed by atoms with van der Waals surface area (Å²) in [4.78, 5) is 2.43. The van der Waals surface area contributed by atoms with Crippen LogP contribution in [-0.4, -0.2) is 0 Å². The molecule has 11 rings (SSSR count). The number of anilines is 3. The van der Waals surface area contributed by atoms with Crippen molar-refractivity contribution in [3.8, 4) is 44.5 Å². The number of para-hydroxylation sites is 1. The first-order chi connectivity index (χ1) is 28.0. The van der Waals surface area contributed by atoms with Crippen molar-refractivity contribution in [1.29, 1.82) is 0 Å². The van der Waals surface area contributed by atoms with Gasteiger partial charge in [-0.25, -0.2) is 0 Å². The second-order valence-corrected chi connectivity index (χ2v) is 15.7. The van der Waals surface area contributed by atoms with Crippen LogP contribution in [0.3, 0.4) is 0 Å². The number of benzene rings is 9. The summed E-state index contributed by atoms with van der Waals surface area (Å²) in [5.41, 5.74) is 17.7. The van der Waals surface area contributed by atoms with Gasteiger partial charge in [-0.15, -0.1) is 0 Å². The van der Waals surface area contributed by atoms with Gasteiger partial charge in [0.05, 0.1) is 5.69 Å². The van der Waals surface area contributed by atoms with Gasteiger partial charge in [0.2, 0.25) is 0 Å². The van der Waals surface area contributed by atoms with Crippen molar-refractivity contribution in [1.82, 2.24) is 0 Å². The SMILES string of the molecule is CC1(C)c2cc(-c3ccccc3)ccc2-c2ccc(N(c3ccc(-c4ccc(-c5ccc6oc7ccccc7c6c5)cc4)cc3)c3cccc4ccccc34)cc21. The molecule has 0 unspecified atom stereocenters. The van der Waals surface area contributed by atoms with E-state index < -0.39 is 0 Å². The van der Waals surface area contributed by atoms with E-state index in [1.165, 1.54) is 66.4 Å². The summed E-state index contributed by atoms with van der Waals surface area (Å²) in [7, 11) is 0. The van der Waals surface area contributed by atoms with Crippen molar-refractivity contribution in [2.24, 2.45) is 0 Å². The maximum absolute atomic E-state index is 6.08. The minimum atomic E-state index is -0.163. The summed E-state index contributed by atoms with van der Waals surface area (Å²) in [5.74, 6) is 0. The lowest BCUT2D eigenvalue weighted by molar-refractivity contribution is 0.660. The van der Waals surface area contributed by atoms with Gasteiger partial charge in [0.15, 0.2) is 0 Å². The van der Waals surface area contributed by atoms with Crippen molar-refractivity contribution < 1.29 is 4.42 Å². The zero-order chi connectivity index (χ0) is 38.1. The number of hydrogen-bond acceptors (Lipinski definition) is 2.